The summed E-state index contributed by atoms with van der Waals surface area (Å²) in [6.07, 6.45) is -0.447. The van der Waals surface area contributed by atoms with Gasteiger partial charge in [0.15, 0.2) is 11.5 Å². The molecule has 1 heterocycles. The van der Waals surface area contributed by atoms with Crippen LogP contribution >= 0.6 is 0 Å². The first kappa shape index (κ1) is 17.2. The van der Waals surface area contributed by atoms with Crippen molar-refractivity contribution in [2.75, 3.05) is 13.3 Å². The standard InChI is InChI=1S/C16H24N2O5/c1-10(18-15(20)23-16(2,3)4)7-17-8-11-5-13-14(6-12(11)19)22-9-21-13/h5-6,10,17,19H,7-9H2,1-4H3,(H,18,20). The molecule has 1 atom stereocenters. The first-order valence-corrected chi connectivity index (χ1v) is 7.56. The molecule has 23 heavy (non-hydrogen) atoms. The first-order valence-electron chi connectivity index (χ1n) is 7.56. The van der Waals surface area contributed by atoms with Crippen molar-refractivity contribution in [2.24, 2.45) is 0 Å². The third-order valence-corrected chi connectivity index (χ3v) is 3.10. The molecule has 0 radical (unpaired) electrons. The number of aromatic hydroxyl groups is 1. The minimum Gasteiger partial charge on any atom is -0.507 e. The Kier molecular flexibility index (Phi) is 5.20. The second-order valence-corrected chi connectivity index (χ2v) is 6.51. The number of hydrogen-bond donors (Lipinski definition) is 3. The maximum Gasteiger partial charge on any atom is 0.407 e. The van der Waals surface area contributed by atoms with Crippen molar-refractivity contribution in [3.05, 3.63) is 17.7 Å². The van der Waals surface area contributed by atoms with Crippen molar-refractivity contribution in [3.8, 4) is 17.2 Å². The van der Waals surface area contributed by atoms with Crippen LogP contribution in [0.1, 0.15) is 33.3 Å². The molecule has 1 unspecified atom stereocenters. The number of carbonyl (C=O) groups is 1. The fourth-order valence-electron chi connectivity index (χ4n) is 2.10. The van der Waals surface area contributed by atoms with E-state index >= 15 is 0 Å². The third-order valence-electron chi connectivity index (χ3n) is 3.10. The molecule has 0 spiro atoms. The lowest BCUT2D eigenvalue weighted by Gasteiger charge is -2.22. The molecule has 7 heteroatoms. The number of ether oxygens (including phenoxy) is 3. The second kappa shape index (κ2) is 6.95. The number of alkyl carbamates (subject to hydrolysis) is 1. The molecule has 1 aliphatic heterocycles. The van der Waals surface area contributed by atoms with Crippen LogP contribution in [-0.2, 0) is 11.3 Å². The number of phenolic OH excluding ortho intramolecular Hbond substituents is 1. The molecule has 0 saturated heterocycles. The minimum atomic E-state index is -0.518. The fraction of sp³-hybridized carbons (Fsp3) is 0.562. The van der Waals surface area contributed by atoms with Crippen LogP contribution in [0.5, 0.6) is 17.2 Å². The van der Waals surface area contributed by atoms with Gasteiger partial charge < -0.3 is 30.0 Å². The molecule has 1 aliphatic rings. The molecule has 0 saturated carbocycles. The predicted octanol–water partition coefficient (Wildman–Crippen LogP) is 2.12. The Morgan fingerprint density at radius 2 is 2.00 bits per heavy atom. The van der Waals surface area contributed by atoms with Crippen molar-refractivity contribution in [2.45, 2.75) is 45.9 Å². The Labute approximate surface area is 135 Å². The van der Waals surface area contributed by atoms with Gasteiger partial charge >= 0.3 is 6.09 Å². The lowest BCUT2D eigenvalue weighted by molar-refractivity contribution is 0.0508. The number of rotatable bonds is 5. The predicted molar refractivity (Wildman–Crippen MR) is 84.8 cm³/mol. The Morgan fingerprint density at radius 1 is 1.35 bits per heavy atom. The summed E-state index contributed by atoms with van der Waals surface area (Å²) >= 11 is 0. The topological polar surface area (TPSA) is 89.0 Å². The summed E-state index contributed by atoms with van der Waals surface area (Å²) in [5.41, 5.74) is 0.189. The summed E-state index contributed by atoms with van der Waals surface area (Å²) in [6, 6.07) is 3.18. The van der Waals surface area contributed by atoms with Crippen LogP contribution in [0, 0.1) is 0 Å². The summed E-state index contributed by atoms with van der Waals surface area (Å²) in [5, 5.41) is 15.9. The normalized spacial score (nSPS) is 14.4. The van der Waals surface area contributed by atoms with Gasteiger partial charge in [0, 0.05) is 30.8 Å². The molecule has 0 fully saturated rings. The molecular weight excluding hydrogens is 300 g/mol. The van der Waals surface area contributed by atoms with Crippen molar-refractivity contribution in [1.82, 2.24) is 10.6 Å². The lowest BCUT2D eigenvalue weighted by atomic mass is 10.1. The fourth-order valence-corrected chi connectivity index (χ4v) is 2.10. The molecule has 3 N–H and O–H groups in total. The van der Waals surface area contributed by atoms with Crippen LogP contribution < -0.4 is 20.1 Å². The van der Waals surface area contributed by atoms with Gasteiger partial charge in [0.1, 0.15) is 11.4 Å². The van der Waals surface area contributed by atoms with Gasteiger partial charge in [-0.3, -0.25) is 0 Å². The van der Waals surface area contributed by atoms with E-state index in [0.717, 1.165) is 0 Å². The van der Waals surface area contributed by atoms with Gasteiger partial charge in [0.2, 0.25) is 6.79 Å². The second-order valence-electron chi connectivity index (χ2n) is 6.51. The summed E-state index contributed by atoms with van der Waals surface area (Å²) in [6.45, 7) is 8.47. The van der Waals surface area contributed by atoms with Crippen molar-refractivity contribution in [1.29, 1.82) is 0 Å². The Hall–Kier alpha value is -2.15. The number of hydrogen-bond acceptors (Lipinski definition) is 6. The van der Waals surface area contributed by atoms with Crippen molar-refractivity contribution >= 4 is 6.09 Å². The van der Waals surface area contributed by atoms with Crippen molar-refractivity contribution < 1.29 is 24.1 Å². The highest BCUT2D eigenvalue weighted by atomic mass is 16.7. The van der Waals surface area contributed by atoms with E-state index in [-0.39, 0.29) is 18.6 Å². The van der Waals surface area contributed by atoms with Crippen LogP contribution in [0.25, 0.3) is 0 Å². The monoisotopic (exact) mass is 324 g/mol. The van der Waals surface area contributed by atoms with E-state index in [1.807, 2.05) is 27.7 Å². The Bertz CT molecular complexity index is 568. The van der Waals surface area contributed by atoms with Crippen LogP contribution in [0.3, 0.4) is 0 Å². The van der Waals surface area contributed by atoms with Gasteiger partial charge in [0.25, 0.3) is 0 Å². The number of phenols is 1. The number of benzene rings is 1. The molecule has 1 aromatic carbocycles. The SMILES string of the molecule is CC(CNCc1cc2c(cc1O)OCO2)NC(=O)OC(C)(C)C. The van der Waals surface area contributed by atoms with Crippen LogP contribution in [0.15, 0.2) is 12.1 Å². The van der Waals surface area contributed by atoms with Crippen LogP contribution in [-0.4, -0.2) is 36.2 Å². The minimum absolute atomic E-state index is 0.110. The van der Waals surface area contributed by atoms with E-state index in [2.05, 4.69) is 10.6 Å². The van der Waals surface area contributed by atoms with Crippen LogP contribution in [0.2, 0.25) is 0 Å². The third kappa shape index (κ3) is 5.21. The summed E-state index contributed by atoms with van der Waals surface area (Å²) in [5.74, 6) is 1.32. The smallest absolute Gasteiger partial charge is 0.407 e. The number of fused-ring (bicyclic) bond motifs is 1. The largest absolute Gasteiger partial charge is 0.507 e. The maximum atomic E-state index is 11.7. The zero-order valence-electron chi connectivity index (χ0n) is 13.9. The highest BCUT2D eigenvalue weighted by Crippen LogP contribution is 2.37. The van der Waals surface area contributed by atoms with Gasteiger partial charge in [-0.2, -0.15) is 0 Å². The Balaban J connectivity index is 1.78. The van der Waals surface area contributed by atoms with Crippen LogP contribution in [0.4, 0.5) is 4.79 Å². The average Bonchev–Trinajstić information content (AvgIpc) is 2.83. The highest BCUT2D eigenvalue weighted by molar-refractivity contribution is 5.68. The highest BCUT2D eigenvalue weighted by Gasteiger charge is 2.18. The van der Waals surface area contributed by atoms with Gasteiger partial charge in [-0.05, 0) is 33.8 Å². The van der Waals surface area contributed by atoms with E-state index in [1.54, 1.807) is 12.1 Å². The quantitative estimate of drug-likeness (QED) is 0.769. The number of carbonyl (C=O) groups excluding carboxylic acids is 1. The first-order chi connectivity index (χ1) is 10.7. The van der Waals surface area contributed by atoms with Gasteiger partial charge in [-0.25, -0.2) is 4.79 Å². The van der Waals surface area contributed by atoms with E-state index in [4.69, 9.17) is 14.2 Å². The molecule has 1 aromatic rings. The molecule has 2 rings (SSSR count). The number of nitrogens with one attached hydrogen (secondary N) is 2. The molecule has 1 amide bonds. The molecule has 7 nitrogen and oxygen atoms in total. The lowest BCUT2D eigenvalue weighted by Crippen LogP contribution is -2.42. The summed E-state index contributed by atoms with van der Waals surface area (Å²) < 4.78 is 15.7. The molecule has 0 aromatic heterocycles. The van der Waals surface area contributed by atoms with Gasteiger partial charge in [-0.1, -0.05) is 0 Å². The molecule has 0 aliphatic carbocycles. The van der Waals surface area contributed by atoms with E-state index < -0.39 is 11.7 Å². The molecule has 0 bridgehead atoms. The average molecular weight is 324 g/mol. The molecular formula is C16H24N2O5. The Morgan fingerprint density at radius 3 is 2.65 bits per heavy atom. The maximum absolute atomic E-state index is 11.7. The zero-order valence-corrected chi connectivity index (χ0v) is 13.9. The van der Waals surface area contributed by atoms with E-state index in [9.17, 15) is 9.90 Å². The van der Waals surface area contributed by atoms with E-state index in [0.29, 0.717) is 30.2 Å². The summed E-state index contributed by atoms with van der Waals surface area (Å²) in [4.78, 5) is 11.7. The zero-order chi connectivity index (χ0) is 17.0. The number of amides is 1. The van der Waals surface area contributed by atoms with Gasteiger partial charge in [0.05, 0.1) is 0 Å². The summed E-state index contributed by atoms with van der Waals surface area (Å²) in [7, 11) is 0. The van der Waals surface area contributed by atoms with E-state index in [1.165, 1.54) is 0 Å². The molecule has 128 valence electrons. The van der Waals surface area contributed by atoms with Gasteiger partial charge in [-0.15, -0.1) is 0 Å². The van der Waals surface area contributed by atoms with Crippen molar-refractivity contribution in [3.63, 3.8) is 0 Å².